The normalized spacial score (nSPS) is 11.0. The summed E-state index contributed by atoms with van der Waals surface area (Å²) in [6.07, 6.45) is 0. The molecule has 3 rings (SSSR count). The lowest BCUT2D eigenvalue weighted by atomic mass is 10.3. The van der Waals surface area contributed by atoms with Crippen LogP contribution in [0.3, 0.4) is 0 Å². The van der Waals surface area contributed by atoms with Gasteiger partial charge in [-0.25, -0.2) is 0 Å². The number of thiophene rings is 1. The van der Waals surface area contributed by atoms with Crippen LogP contribution >= 0.6 is 17.8 Å². The quantitative estimate of drug-likeness (QED) is 0.623. The molecule has 1 aromatic heterocycles. The Morgan fingerprint density at radius 2 is 1.24 bits per heavy atom. The van der Waals surface area contributed by atoms with Gasteiger partial charge in [-0.1, -0.05) is 42.5 Å². The average molecular weight is 332 g/mol. The Bertz CT molecular complexity index is 682. The summed E-state index contributed by atoms with van der Waals surface area (Å²) in [5.74, 6) is 1.45. The van der Waals surface area contributed by atoms with Gasteiger partial charge >= 0.3 is 6.49 Å². The monoisotopic (exact) mass is 332 g/mol. The van der Waals surface area contributed by atoms with Crippen LogP contribution in [0.2, 0.25) is 0 Å². The minimum atomic E-state index is -2.62. The van der Waals surface area contributed by atoms with E-state index >= 15 is 0 Å². The van der Waals surface area contributed by atoms with Gasteiger partial charge in [-0.05, 0) is 47.5 Å². The Balaban J connectivity index is 1.94. The van der Waals surface area contributed by atoms with Crippen molar-refractivity contribution in [1.29, 1.82) is 0 Å². The van der Waals surface area contributed by atoms with Gasteiger partial charge in [0, 0.05) is 0 Å². The van der Waals surface area contributed by atoms with Crippen LogP contribution in [0, 0.1) is 0 Å². The van der Waals surface area contributed by atoms with Gasteiger partial charge in [0.25, 0.3) is 0 Å². The van der Waals surface area contributed by atoms with E-state index in [0.717, 1.165) is 16.1 Å². The highest BCUT2D eigenvalue weighted by molar-refractivity contribution is 8.15. The SMILES string of the molecule is S=P(Oc1ccccc1)(Oc1ccccc1)c1cccs1. The van der Waals surface area contributed by atoms with Gasteiger partial charge in [0.1, 0.15) is 16.1 Å². The van der Waals surface area contributed by atoms with Crippen LogP contribution in [-0.4, -0.2) is 0 Å². The topological polar surface area (TPSA) is 18.5 Å². The summed E-state index contributed by atoms with van der Waals surface area (Å²) < 4.78 is 13.1. The highest BCUT2D eigenvalue weighted by Crippen LogP contribution is 2.48. The zero-order valence-electron chi connectivity index (χ0n) is 11.1. The maximum absolute atomic E-state index is 6.06. The second-order valence-corrected chi connectivity index (χ2v) is 8.79. The van der Waals surface area contributed by atoms with Crippen molar-refractivity contribution in [3.63, 3.8) is 0 Å². The molecule has 0 bridgehead atoms. The summed E-state index contributed by atoms with van der Waals surface area (Å²) in [6, 6.07) is 23.1. The second-order valence-electron chi connectivity index (χ2n) is 4.26. The van der Waals surface area contributed by atoms with E-state index < -0.39 is 6.49 Å². The minimum absolute atomic E-state index is 0.727. The van der Waals surface area contributed by atoms with Gasteiger partial charge in [0.05, 0.1) is 0 Å². The zero-order chi connectivity index (χ0) is 14.5. The van der Waals surface area contributed by atoms with Gasteiger partial charge in [0.2, 0.25) is 0 Å². The van der Waals surface area contributed by atoms with Crippen LogP contribution in [-0.2, 0) is 11.8 Å². The molecule has 5 heteroatoms. The molecule has 0 amide bonds. The first-order chi connectivity index (χ1) is 10.3. The molecule has 0 radical (unpaired) electrons. The van der Waals surface area contributed by atoms with E-state index in [-0.39, 0.29) is 0 Å². The molecule has 106 valence electrons. The zero-order valence-corrected chi connectivity index (χ0v) is 13.6. The molecule has 21 heavy (non-hydrogen) atoms. The largest absolute Gasteiger partial charge is 0.432 e. The van der Waals surface area contributed by atoms with E-state index in [1.165, 1.54) is 0 Å². The molecule has 0 N–H and O–H groups in total. The van der Waals surface area contributed by atoms with E-state index in [9.17, 15) is 0 Å². The molecular weight excluding hydrogens is 319 g/mol. The van der Waals surface area contributed by atoms with Crippen LogP contribution in [0.1, 0.15) is 0 Å². The van der Waals surface area contributed by atoms with Gasteiger partial charge in [-0.15, -0.1) is 11.3 Å². The number of hydrogen-bond acceptors (Lipinski definition) is 4. The summed E-state index contributed by atoms with van der Waals surface area (Å²) in [5, 5.41) is 1.99. The first-order valence-electron chi connectivity index (χ1n) is 6.40. The van der Waals surface area contributed by atoms with Crippen molar-refractivity contribution >= 4 is 34.3 Å². The number of rotatable bonds is 5. The van der Waals surface area contributed by atoms with Crippen LogP contribution in [0.25, 0.3) is 0 Å². The molecule has 0 atom stereocenters. The lowest BCUT2D eigenvalue weighted by molar-refractivity contribution is 0.499. The highest BCUT2D eigenvalue weighted by Gasteiger charge is 2.26. The number of para-hydroxylation sites is 2. The Hall–Kier alpha value is -1.61. The predicted octanol–water partition coefficient (Wildman–Crippen LogP) is 4.84. The van der Waals surface area contributed by atoms with E-state index in [1.807, 2.05) is 78.2 Å². The Labute approximate surface area is 133 Å². The first kappa shape index (κ1) is 14.3. The van der Waals surface area contributed by atoms with Crippen LogP contribution < -0.4 is 13.7 Å². The molecule has 0 aliphatic heterocycles. The lowest BCUT2D eigenvalue weighted by Gasteiger charge is -2.22. The molecule has 0 aliphatic rings. The standard InChI is InChI=1S/C16H13O2PS2/c20-19(16-12-7-13-21-16,17-14-8-3-1-4-9-14)18-15-10-5-2-6-11-15/h1-13H. The Morgan fingerprint density at radius 3 is 1.67 bits per heavy atom. The molecule has 0 aliphatic carbocycles. The number of benzene rings is 2. The summed E-state index contributed by atoms with van der Waals surface area (Å²) in [5.41, 5.74) is 0. The van der Waals surface area contributed by atoms with Gasteiger partial charge in [0.15, 0.2) is 0 Å². The molecule has 2 aromatic carbocycles. The van der Waals surface area contributed by atoms with Crippen molar-refractivity contribution in [2.75, 3.05) is 0 Å². The molecular formula is C16H13O2PS2. The Kier molecular flexibility index (Phi) is 4.39. The van der Waals surface area contributed by atoms with E-state index in [1.54, 1.807) is 11.3 Å². The molecule has 0 fully saturated rings. The van der Waals surface area contributed by atoms with Crippen LogP contribution in [0.4, 0.5) is 0 Å². The molecule has 0 unspecified atom stereocenters. The van der Waals surface area contributed by atoms with Crippen LogP contribution in [0.5, 0.6) is 11.5 Å². The van der Waals surface area contributed by atoms with Crippen molar-refractivity contribution in [1.82, 2.24) is 0 Å². The molecule has 0 saturated heterocycles. The van der Waals surface area contributed by atoms with Gasteiger partial charge in [-0.3, -0.25) is 0 Å². The van der Waals surface area contributed by atoms with Crippen molar-refractivity contribution in [3.05, 3.63) is 78.2 Å². The predicted molar refractivity (Wildman–Crippen MR) is 92.4 cm³/mol. The Morgan fingerprint density at radius 1 is 0.714 bits per heavy atom. The fourth-order valence-electron chi connectivity index (χ4n) is 1.77. The van der Waals surface area contributed by atoms with Crippen molar-refractivity contribution in [2.45, 2.75) is 0 Å². The van der Waals surface area contributed by atoms with Gasteiger partial charge < -0.3 is 9.05 Å². The lowest BCUT2D eigenvalue weighted by Crippen LogP contribution is -2.11. The highest BCUT2D eigenvalue weighted by atomic mass is 32.5. The van der Waals surface area contributed by atoms with E-state index in [0.29, 0.717) is 0 Å². The molecule has 3 aromatic rings. The summed E-state index contributed by atoms with van der Waals surface area (Å²) in [7, 11) is 0. The smallest absolute Gasteiger partial charge is 0.329 e. The van der Waals surface area contributed by atoms with Crippen molar-refractivity contribution in [2.24, 2.45) is 0 Å². The molecule has 0 spiro atoms. The number of hydrogen-bond donors (Lipinski definition) is 0. The minimum Gasteiger partial charge on any atom is -0.432 e. The third-order valence-corrected chi connectivity index (χ3v) is 7.40. The first-order valence-corrected chi connectivity index (χ1v) is 9.91. The molecule has 2 nitrogen and oxygen atoms in total. The van der Waals surface area contributed by atoms with E-state index in [4.69, 9.17) is 20.9 Å². The van der Waals surface area contributed by atoms with Crippen LogP contribution in [0.15, 0.2) is 78.2 Å². The second kappa shape index (κ2) is 6.44. The maximum Gasteiger partial charge on any atom is 0.329 e. The third kappa shape index (κ3) is 3.53. The summed E-state index contributed by atoms with van der Waals surface area (Å²) in [4.78, 5) is 0. The molecule has 1 heterocycles. The van der Waals surface area contributed by atoms with Crippen molar-refractivity contribution < 1.29 is 9.05 Å². The maximum atomic E-state index is 6.06. The molecule has 0 saturated carbocycles. The van der Waals surface area contributed by atoms with Crippen molar-refractivity contribution in [3.8, 4) is 11.5 Å². The fraction of sp³-hybridized carbons (Fsp3) is 0. The van der Waals surface area contributed by atoms with Gasteiger partial charge in [-0.2, -0.15) is 0 Å². The third-order valence-electron chi connectivity index (χ3n) is 2.71. The average Bonchev–Trinajstić information content (AvgIpc) is 3.04. The summed E-state index contributed by atoms with van der Waals surface area (Å²) >= 11 is 7.33. The van der Waals surface area contributed by atoms with E-state index in [2.05, 4.69) is 0 Å². The fourth-order valence-corrected chi connectivity index (χ4v) is 5.52. The summed E-state index contributed by atoms with van der Waals surface area (Å²) in [6.45, 7) is -2.62.